The van der Waals surface area contributed by atoms with Gasteiger partial charge in [-0.1, -0.05) is 6.92 Å². The van der Waals surface area contributed by atoms with Crippen molar-refractivity contribution < 1.29 is 0 Å². The minimum absolute atomic E-state index is 0.678. The van der Waals surface area contributed by atoms with Gasteiger partial charge in [-0.05, 0) is 19.4 Å². The molecule has 0 aliphatic carbocycles. The van der Waals surface area contributed by atoms with Crippen LogP contribution in [0.1, 0.15) is 26.2 Å². The number of aliphatic imine (C=N–C) groups is 1. The zero-order chi connectivity index (χ0) is 9.10. The van der Waals surface area contributed by atoms with Crippen LogP contribution < -0.4 is 5.32 Å². The first-order valence-electron chi connectivity index (χ1n) is 5.40. The van der Waals surface area contributed by atoms with Gasteiger partial charge in [-0.25, -0.2) is 0 Å². The van der Waals surface area contributed by atoms with Crippen LogP contribution in [0.3, 0.4) is 0 Å². The standard InChI is InChI=1S/C10H19N3/c1-2-13-7-9(8-13)12-10-5-3-4-6-11-10/h9H,2-8H2,1H3,(H,11,12). The van der Waals surface area contributed by atoms with Crippen LogP contribution in [0, 0.1) is 0 Å². The van der Waals surface area contributed by atoms with Gasteiger partial charge < -0.3 is 5.32 Å². The van der Waals surface area contributed by atoms with Crippen molar-refractivity contribution in [1.82, 2.24) is 10.2 Å². The monoisotopic (exact) mass is 181 g/mol. The van der Waals surface area contributed by atoms with Gasteiger partial charge >= 0.3 is 0 Å². The van der Waals surface area contributed by atoms with Crippen molar-refractivity contribution in [3.8, 4) is 0 Å². The zero-order valence-electron chi connectivity index (χ0n) is 8.42. The molecule has 3 heteroatoms. The van der Waals surface area contributed by atoms with Crippen LogP contribution in [0.15, 0.2) is 4.99 Å². The summed E-state index contributed by atoms with van der Waals surface area (Å²) in [7, 11) is 0. The second kappa shape index (κ2) is 4.09. The number of amidine groups is 1. The smallest absolute Gasteiger partial charge is 0.0966 e. The summed E-state index contributed by atoms with van der Waals surface area (Å²) < 4.78 is 0. The zero-order valence-corrected chi connectivity index (χ0v) is 8.42. The van der Waals surface area contributed by atoms with Crippen LogP contribution in [-0.2, 0) is 0 Å². The van der Waals surface area contributed by atoms with E-state index in [2.05, 4.69) is 22.1 Å². The van der Waals surface area contributed by atoms with Crippen LogP contribution in [0.25, 0.3) is 0 Å². The summed E-state index contributed by atoms with van der Waals surface area (Å²) in [5.41, 5.74) is 0. The molecule has 0 aromatic heterocycles. The lowest BCUT2D eigenvalue weighted by atomic mass is 10.1. The quantitative estimate of drug-likeness (QED) is 0.684. The van der Waals surface area contributed by atoms with Crippen molar-refractivity contribution in [2.75, 3.05) is 26.2 Å². The number of nitrogens with zero attached hydrogens (tertiary/aromatic N) is 2. The highest BCUT2D eigenvalue weighted by atomic mass is 15.2. The molecular formula is C10H19N3. The van der Waals surface area contributed by atoms with Crippen molar-refractivity contribution >= 4 is 5.84 Å². The Balaban J connectivity index is 1.70. The van der Waals surface area contributed by atoms with Gasteiger partial charge in [0.25, 0.3) is 0 Å². The van der Waals surface area contributed by atoms with E-state index in [-0.39, 0.29) is 0 Å². The Morgan fingerprint density at radius 1 is 1.46 bits per heavy atom. The predicted octanol–water partition coefficient (Wildman–Crippen LogP) is 0.862. The largest absolute Gasteiger partial charge is 0.369 e. The lowest BCUT2D eigenvalue weighted by molar-refractivity contribution is 0.147. The maximum Gasteiger partial charge on any atom is 0.0966 e. The summed E-state index contributed by atoms with van der Waals surface area (Å²) in [6, 6.07) is 0.678. The Morgan fingerprint density at radius 2 is 2.31 bits per heavy atom. The van der Waals surface area contributed by atoms with Gasteiger partial charge in [-0.3, -0.25) is 9.89 Å². The fraction of sp³-hybridized carbons (Fsp3) is 0.900. The van der Waals surface area contributed by atoms with E-state index < -0.39 is 0 Å². The summed E-state index contributed by atoms with van der Waals surface area (Å²) in [5.74, 6) is 1.26. The predicted molar refractivity (Wildman–Crippen MR) is 55.2 cm³/mol. The molecule has 0 atom stereocenters. The molecule has 0 aromatic carbocycles. The van der Waals surface area contributed by atoms with E-state index in [1.54, 1.807) is 0 Å². The van der Waals surface area contributed by atoms with Crippen molar-refractivity contribution in [2.24, 2.45) is 4.99 Å². The highest BCUT2D eigenvalue weighted by Crippen LogP contribution is 2.09. The van der Waals surface area contributed by atoms with E-state index in [1.165, 1.54) is 44.7 Å². The summed E-state index contributed by atoms with van der Waals surface area (Å²) >= 11 is 0. The van der Waals surface area contributed by atoms with Crippen molar-refractivity contribution in [3.05, 3.63) is 0 Å². The molecule has 2 aliphatic heterocycles. The molecule has 0 amide bonds. The topological polar surface area (TPSA) is 27.6 Å². The van der Waals surface area contributed by atoms with Gasteiger partial charge in [0.15, 0.2) is 0 Å². The van der Waals surface area contributed by atoms with Gasteiger partial charge in [-0.2, -0.15) is 0 Å². The maximum atomic E-state index is 4.49. The molecule has 0 spiro atoms. The minimum atomic E-state index is 0.678. The number of nitrogens with one attached hydrogen (secondary N) is 1. The van der Waals surface area contributed by atoms with Gasteiger partial charge in [0, 0.05) is 26.1 Å². The highest BCUT2D eigenvalue weighted by Gasteiger charge is 2.25. The molecule has 0 unspecified atom stereocenters. The van der Waals surface area contributed by atoms with Gasteiger partial charge in [0.2, 0.25) is 0 Å². The molecule has 74 valence electrons. The average molecular weight is 181 g/mol. The molecule has 0 aromatic rings. The van der Waals surface area contributed by atoms with Gasteiger partial charge in [0.05, 0.1) is 11.9 Å². The van der Waals surface area contributed by atoms with E-state index in [4.69, 9.17) is 0 Å². The number of hydrogen-bond acceptors (Lipinski definition) is 3. The number of likely N-dealkylation sites (N-methyl/N-ethyl adjacent to an activating group) is 1. The molecule has 0 bridgehead atoms. The lowest BCUT2D eigenvalue weighted by Crippen LogP contribution is -2.59. The third-order valence-corrected chi connectivity index (χ3v) is 2.90. The fourth-order valence-electron chi connectivity index (χ4n) is 1.97. The normalized spacial score (nSPS) is 25.2. The van der Waals surface area contributed by atoms with Crippen LogP contribution in [-0.4, -0.2) is 43.0 Å². The average Bonchev–Trinajstić information content (AvgIpc) is 2.12. The molecule has 1 N–H and O–H groups in total. The Labute approximate surface area is 80.2 Å². The lowest BCUT2D eigenvalue weighted by Gasteiger charge is -2.39. The third kappa shape index (κ3) is 2.21. The molecule has 0 radical (unpaired) electrons. The van der Waals surface area contributed by atoms with Crippen molar-refractivity contribution in [1.29, 1.82) is 0 Å². The molecular weight excluding hydrogens is 162 g/mol. The second-order valence-electron chi connectivity index (χ2n) is 3.98. The maximum absolute atomic E-state index is 4.49. The van der Waals surface area contributed by atoms with Gasteiger partial charge in [0.1, 0.15) is 0 Å². The number of likely N-dealkylation sites (tertiary alicyclic amines) is 1. The van der Waals surface area contributed by atoms with Gasteiger partial charge in [-0.15, -0.1) is 0 Å². The van der Waals surface area contributed by atoms with Crippen molar-refractivity contribution in [2.45, 2.75) is 32.2 Å². The first-order valence-corrected chi connectivity index (χ1v) is 5.40. The number of rotatable bonds is 2. The fourth-order valence-corrected chi connectivity index (χ4v) is 1.97. The van der Waals surface area contributed by atoms with Crippen molar-refractivity contribution in [3.63, 3.8) is 0 Å². The highest BCUT2D eigenvalue weighted by molar-refractivity contribution is 5.83. The Morgan fingerprint density at radius 3 is 2.92 bits per heavy atom. The molecule has 3 nitrogen and oxygen atoms in total. The molecule has 1 fully saturated rings. The first kappa shape index (κ1) is 9.00. The van der Waals surface area contributed by atoms with E-state index in [1.807, 2.05) is 0 Å². The van der Waals surface area contributed by atoms with E-state index in [0.717, 1.165) is 6.54 Å². The molecule has 2 aliphatic rings. The van der Waals surface area contributed by atoms with Crippen LogP contribution >= 0.6 is 0 Å². The van der Waals surface area contributed by atoms with Crippen LogP contribution in [0.2, 0.25) is 0 Å². The summed E-state index contributed by atoms with van der Waals surface area (Å²) in [4.78, 5) is 6.93. The van der Waals surface area contributed by atoms with E-state index in [0.29, 0.717) is 6.04 Å². The Kier molecular flexibility index (Phi) is 2.83. The summed E-state index contributed by atoms with van der Waals surface area (Å²) in [6.45, 7) is 6.84. The molecule has 2 heterocycles. The van der Waals surface area contributed by atoms with Crippen LogP contribution in [0.4, 0.5) is 0 Å². The Hall–Kier alpha value is -0.570. The molecule has 2 rings (SSSR count). The second-order valence-corrected chi connectivity index (χ2v) is 3.98. The Bertz CT molecular complexity index is 194. The number of hydrogen-bond donors (Lipinski definition) is 1. The summed E-state index contributed by atoms with van der Waals surface area (Å²) in [6.07, 6.45) is 3.76. The van der Waals surface area contributed by atoms with E-state index in [9.17, 15) is 0 Å². The molecule has 13 heavy (non-hydrogen) atoms. The van der Waals surface area contributed by atoms with E-state index >= 15 is 0 Å². The first-order chi connectivity index (χ1) is 6.38. The minimum Gasteiger partial charge on any atom is -0.369 e. The van der Waals surface area contributed by atoms with Crippen LogP contribution in [0.5, 0.6) is 0 Å². The molecule has 0 saturated carbocycles. The summed E-state index contributed by atoms with van der Waals surface area (Å²) in [5, 5.41) is 3.53. The third-order valence-electron chi connectivity index (χ3n) is 2.90. The SMILES string of the molecule is CCN1CC(NC2=NCCCC2)C1. The molecule has 1 saturated heterocycles.